The minimum Gasteiger partial charge on any atom is -0.355 e. The molecule has 0 saturated heterocycles. The molecule has 27 heavy (non-hydrogen) atoms. The van der Waals surface area contributed by atoms with Crippen LogP contribution in [0.1, 0.15) is 62.6 Å². The number of benzene rings is 1. The van der Waals surface area contributed by atoms with Crippen LogP contribution in [0.5, 0.6) is 0 Å². The van der Waals surface area contributed by atoms with E-state index in [-0.39, 0.29) is 18.5 Å². The fourth-order valence-corrected chi connectivity index (χ4v) is 6.04. The number of nitrogens with one attached hydrogen (secondary N) is 1. The van der Waals surface area contributed by atoms with E-state index in [1.165, 1.54) is 4.31 Å². The zero-order chi connectivity index (χ0) is 20.2. The van der Waals surface area contributed by atoms with Gasteiger partial charge < -0.3 is 5.32 Å². The normalized spacial score (nSPS) is 16.1. The number of rotatable bonds is 7. The van der Waals surface area contributed by atoms with E-state index in [0.717, 1.165) is 48.8 Å². The maximum Gasteiger partial charge on any atom is 0.244 e. The molecule has 1 aromatic rings. The Balaban J connectivity index is 2.38. The summed E-state index contributed by atoms with van der Waals surface area (Å²) in [7, 11) is -3.74. The zero-order valence-electron chi connectivity index (χ0n) is 17.3. The SMILES string of the molecule is Cc1cc(C)c(S(=O)(=O)N(CC(=O)NCC(C)C)C2CCCCC2)c(C)c1. The van der Waals surface area contributed by atoms with Gasteiger partial charge in [0.1, 0.15) is 0 Å². The molecular formula is C21H34N2O3S. The number of hydrogen-bond donors (Lipinski definition) is 1. The van der Waals surface area contributed by atoms with Crippen LogP contribution in [0.25, 0.3) is 0 Å². The van der Waals surface area contributed by atoms with Crippen molar-refractivity contribution in [1.29, 1.82) is 0 Å². The van der Waals surface area contributed by atoms with Crippen LogP contribution in [0.3, 0.4) is 0 Å². The first kappa shape index (κ1) is 21.9. The minimum atomic E-state index is -3.74. The highest BCUT2D eigenvalue weighted by Crippen LogP contribution is 2.31. The fraction of sp³-hybridized carbons (Fsp3) is 0.667. The van der Waals surface area contributed by atoms with Crippen molar-refractivity contribution < 1.29 is 13.2 Å². The topological polar surface area (TPSA) is 66.5 Å². The van der Waals surface area contributed by atoms with Crippen LogP contribution in [0, 0.1) is 26.7 Å². The molecule has 1 amide bonds. The van der Waals surface area contributed by atoms with Gasteiger partial charge in [-0.15, -0.1) is 0 Å². The van der Waals surface area contributed by atoms with E-state index in [9.17, 15) is 13.2 Å². The quantitative estimate of drug-likeness (QED) is 0.767. The largest absolute Gasteiger partial charge is 0.355 e. The van der Waals surface area contributed by atoms with Gasteiger partial charge >= 0.3 is 0 Å². The average molecular weight is 395 g/mol. The molecule has 152 valence electrons. The lowest BCUT2D eigenvalue weighted by molar-refractivity contribution is -0.121. The predicted molar refractivity (Wildman–Crippen MR) is 109 cm³/mol. The Hall–Kier alpha value is -1.40. The molecule has 1 N–H and O–H groups in total. The van der Waals surface area contributed by atoms with Gasteiger partial charge in [0.2, 0.25) is 15.9 Å². The van der Waals surface area contributed by atoms with Gasteiger partial charge in [0.15, 0.2) is 0 Å². The minimum absolute atomic E-state index is 0.103. The van der Waals surface area contributed by atoms with E-state index in [2.05, 4.69) is 5.32 Å². The van der Waals surface area contributed by atoms with Gasteiger partial charge in [0.25, 0.3) is 0 Å². The molecule has 0 aliphatic heterocycles. The van der Waals surface area contributed by atoms with Crippen molar-refractivity contribution in [3.63, 3.8) is 0 Å². The van der Waals surface area contributed by atoms with Gasteiger partial charge in [-0.25, -0.2) is 8.42 Å². The Morgan fingerprint density at radius 1 is 1.11 bits per heavy atom. The molecule has 0 unspecified atom stereocenters. The lowest BCUT2D eigenvalue weighted by Gasteiger charge is -2.34. The summed E-state index contributed by atoms with van der Waals surface area (Å²) in [5, 5.41) is 2.87. The summed E-state index contributed by atoms with van der Waals surface area (Å²) >= 11 is 0. The number of nitrogens with zero attached hydrogens (tertiary/aromatic N) is 1. The van der Waals surface area contributed by atoms with Crippen molar-refractivity contribution in [2.24, 2.45) is 5.92 Å². The number of carbonyl (C=O) groups is 1. The molecule has 0 spiro atoms. The zero-order valence-corrected chi connectivity index (χ0v) is 18.2. The van der Waals surface area contributed by atoms with Gasteiger partial charge in [-0.2, -0.15) is 4.31 Å². The first-order chi connectivity index (χ1) is 12.6. The fourth-order valence-electron chi connectivity index (χ4n) is 3.99. The van der Waals surface area contributed by atoms with Crippen molar-refractivity contribution in [3.05, 3.63) is 28.8 Å². The Bertz CT molecular complexity index is 743. The van der Waals surface area contributed by atoms with Crippen molar-refractivity contribution >= 4 is 15.9 Å². The molecule has 5 nitrogen and oxygen atoms in total. The Labute approximate surface area is 164 Å². The van der Waals surface area contributed by atoms with Crippen LogP contribution in [0.4, 0.5) is 0 Å². The van der Waals surface area contributed by atoms with E-state index >= 15 is 0 Å². The van der Waals surface area contributed by atoms with E-state index in [1.54, 1.807) is 0 Å². The average Bonchev–Trinajstić information content (AvgIpc) is 2.57. The van der Waals surface area contributed by atoms with Gasteiger partial charge in [0.05, 0.1) is 11.4 Å². The highest BCUT2D eigenvalue weighted by atomic mass is 32.2. The molecule has 1 aromatic carbocycles. The van der Waals surface area contributed by atoms with Gasteiger partial charge in [-0.05, 0) is 50.7 Å². The van der Waals surface area contributed by atoms with E-state index in [0.29, 0.717) is 17.4 Å². The third-order valence-electron chi connectivity index (χ3n) is 5.16. The summed E-state index contributed by atoms with van der Waals surface area (Å²) in [4.78, 5) is 12.8. The van der Waals surface area contributed by atoms with Crippen LogP contribution in [-0.4, -0.2) is 37.8 Å². The monoisotopic (exact) mass is 394 g/mol. The highest BCUT2D eigenvalue weighted by Gasteiger charge is 2.35. The molecule has 0 atom stereocenters. The summed E-state index contributed by atoms with van der Waals surface area (Å²) in [6.45, 7) is 10.1. The van der Waals surface area contributed by atoms with Crippen LogP contribution in [0.15, 0.2) is 17.0 Å². The first-order valence-corrected chi connectivity index (χ1v) is 11.4. The molecule has 0 heterocycles. The molecule has 2 rings (SSSR count). The number of aryl methyl sites for hydroxylation is 3. The van der Waals surface area contributed by atoms with Crippen molar-refractivity contribution in [2.75, 3.05) is 13.1 Å². The maximum absolute atomic E-state index is 13.6. The Kier molecular flexibility index (Phi) is 7.46. The second kappa shape index (κ2) is 9.20. The molecular weight excluding hydrogens is 360 g/mol. The van der Waals surface area contributed by atoms with Gasteiger partial charge in [-0.1, -0.05) is 50.8 Å². The van der Waals surface area contributed by atoms with Crippen LogP contribution < -0.4 is 5.32 Å². The summed E-state index contributed by atoms with van der Waals surface area (Å²) in [5.74, 6) is 0.107. The number of hydrogen-bond acceptors (Lipinski definition) is 3. The van der Waals surface area contributed by atoms with Gasteiger partial charge in [-0.3, -0.25) is 4.79 Å². The van der Waals surface area contributed by atoms with Crippen LogP contribution in [-0.2, 0) is 14.8 Å². The lowest BCUT2D eigenvalue weighted by Crippen LogP contribution is -2.47. The summed E-state index contributed by atoms with van der Waals surface area (Å²) < 4.78 is 28.7. The highest BCUT2D eigenvalue weighted by molar-refractivity contribution is 7.89. The van der Waals surface area contributed by atoms with Crippen LogP contribution >= 0.6 is 0 Å². The number of carbonyl (C=O) groups excluding carboxylic acids is 1. The summed E-state index contributed by atoms with van der Waals surface area (Å²) in [6, 6.07) is 3.70. The van der Waals surface area contributed by atoms with Crippen LogP contribution in [0.2, 0.25) is 0 Å². The standard InChI is InChI=1S/C21H34N2O3S/c1-15(2)13-22-20(24)14-23(19-9-7-6-8-10-19)27(25,26)21-17(4)11-16(3)12-18(21)5/h11-12,15,19H,6-10,13-14H2,1-5H3,(H,22,24). The smallest absolute Gasteiger partial charge is 0.244 e. The van der Waals surface area contributed by atoms with Gasteiger partial charge in [0, 0.05) is 12.6 Å². The predicted octanol–water partition coefficient (Wildman–Crippen LogP) is 3.71. The third-order valence-corrected chi connectivity index (χ3v) is 7.36. The molecule has 1 aliphatic rings. The number of sulfonamides is 1. The van der Waals surface area contributed by atoms with E-state index in [1.807, 2.05) is 46.8 Å². The van der Waals surface area contributed by atoms with E-state index in [4.69, 9.17) is 0 Å². The first-order valence-electron chi connectivity index (χ1n) is 9.99. The second-order valence-electron chi connectivity index (χ2n) is 8.27. The number of amides is 1. The molecule has 0 aromatic heterocycles. The molecule has 1 fully saturated rings. The van der Waals surface area contributed by atoms with Crippen molar-refractivity contribution in [2.45, 2.75) is 77.7 Å². The van der Waals surface area contributed by atoms with E-state index < -0.39 is 10.0 Å². The molecule has 0 bridgehead atoms. The Morgan fingerprint density at radius 2 is 1.67 bits per heavy atom. The third kappa shape index (κ3) is 5.55. The molecule has 1 saturated carbocycles. The lowest BCUT2D eigenvalue weighted by atomic mass is 9.95. The summed E-state index contributed by atoms with van der Waals surface area (Å²) in [6.07, 6.45) is 4.79. The molecule has 1 aliphatic carbocycles. The van der Waals surface area contributed by atoms with Crippen molar-refractivity contribution in [3.8, 4) is 0 Å². The second-order valence-corrected chi connectivity index (χ2v) is 10.1. The molecule has 6 heteroatoms. The maximum atomic E-state index is 13.6. The molecule has 0 radical (unpaired) electrons. The Morgan fingerprint density at radius 3 is 2.19 bits per heavy atom. The van der Waals surface area contributed by atoms with Crippen molar-refractivity contribution in [1.82, 2.24) is 9.62 Å². The summed E-state index contributed by atoms with van der Waals surface area (Å²) in [5.41, 5.74) is 2.54.